The minimum absolute atomic E-state index is 0. The molecule has 1 radical (unpaired) electrons. The molecule has 0 atom stereocenters. The van der Waals surface area contributed by atoms with Gasteiger partial charge in [0.1, 0.15) is 0 Å². The second-order valence-electron chi connectivity index (χ2n) is 16.7. The summed E-state index contributed by atoms with van der Waals surface area (Å²) < 4.78 is 0. The Labute approximate surface area is 276 Å². The van der Waals surface area contributed by atoms with Gasteiger partial charge in [-0.15, -0.1) is 0 Å². The molecule has 0 aromatic rings. The first kappa shape index (κ1) is 46.3. The van der Waals surface area contributed by atoms with Gasteiger partial charge in [-0.3, -0.25) is 28.8 Å². The fourth-order valence-corrected chi connectivity index (χ4v) is 2.07. The van der Waals surface area contributed by atoms with Crippen LogP contribution < -0.4 is 0 Å². The molecule has 6 nitrogen and oxygen atoms in total. The normalized spacial score (nSPS) is 12.4. The van der Waals surface area contributed by atoms with Crippen molar-refractivity contribution in [1.29, 1.82) is 0 Å². The first-order valence-electron chi connectivity index (χ1n) is 14.0. The third-order valence-corrected chi connectivity index (χ3v) is 6.20. The molecule has 0 heterocycles. The zero-order valence-corrected chi connectivity index (χ0v) is 31.3. The SMILES string of the molecule is CC(C)(C)C(=[OH+])CC(=[OH+])C(C)(C)C.CC(C)(C)C(=[OH+])CC(=[OH+])C(C)(C)C.CC(C)(C)C(=[OH+])CC(=[OH+])C(C)(C)C.[Tb]. The minimum Gasteiger partial charge on any atom is -0.282 e. The van der Waals surface area contributed by atoms with Gasteiger partial charge in [-0.2, -0.15) is 0 Å². The van der Waals surface area contributed by atoms with E-state index in [1.54, 1.807) is 0 Å². The van der Waals surface area contributed by atoms with Crippen molar-refractivity contribution in [3.05, 3.63) is 0 Å². The molecule has 6 N–H and O–H groups in total. The average Bonchev–Trinajstić information content (AvgIpc) is 2.64. The number of rotatable bonds is 6. The van der Waals surface area contributed by atoms with Crippen LogP contribution in [0.25, 0.3) is 0 Å². The van der Waals surface area contributed by atoms with Crippen LogP contribution in [-0.2, 0) is 0 Å². The van der Waals surface area contributed by atoms with Crippen molar-refractivity contribution < 1.29 is 67.4 Å². The van der Waals surface area contributed by atoms with E-state index in [4.69, 9.17) is 0 Å². The van der Waals surface area contributed by atoms with E-state index >= 15 is 0 Å². The predicted molar refractivity (Wildman–Crippen MR) is 172 cm³/mol. The van der Waals surface area contributed by atoms with Crippen LogP contribution in [0.1, 0.15) is 144 Å². The van der Waals surface area contributed by atoms with Crippen LogP contribution in [0.5, 0.6) is 0 Å². The molecule has 0 saturated carbocycles. The Kier molecular flexibility index (Phi) is 19.5. The average molecular weight is 718 g/mol. The van der Waals surface area contributed by atoms with E-state index in [1.807, 2.05) is 125 Å². The van der Waals surface area contributed by atoms with E-state index in [9.17, 15) is 28.8 Å². The Hall–Kier alpha value is -0.694. The summed E-state index contributed by atoms with van der Waals surface area (Å²) in [5, 5.41) is 0. The van der Waals surface area contributed by atoms with E-state index in [-0.39, 0.29) is 90.4 Å². The van der Waals surface area contributed by atoms with Gasteiger partial charge in [0.15, 0.2) is 19.3 Å². The molecule has 0 aliphatic carbocycles. The van der Waals surface area contributed by atoms with Gasteiger partial charge in [0.25, 0.3) is 0 Å². The van der Waals surface area contributed by atoms with Crippen LogP contribution >= 0.6 is 0 Å². The standard InChI is InChI=1S/3C11H20O2.Tb/c3*1-10(2,3)8(12)7-9(13)11(4,5)6;/h3*7H2,1-6H3;/p+6. The molecular weight excluding hydrogens is 651 g/mol. The van der Waals surface area contributed by atoms with Gasteiger partial charge >= 0.3 is 34.7 Å². The van der Waals surface area contributed by atoms with E-state index < -0.39 is 0 Å². The van der Waals surface area contributed by atoms with Crippen LogP contribution in [0.15, 0.2) is 0 Å². The molecule has 0 saturated heterocycles. The van der Waals surface area contributed by atoms with Crippen molar-refractivity contribution in [2.45, 2.75) is 144 Å². The van der Waals surface area contributed by atoms with E-state index in [1.165, 1.54) is 0 Å². The van der Waals surface area contributed by atoms with Crippen LogP contribution in [0.2, 0.25) is 0 Å². The maximum Gasteiger partial charge on any atom is 0.311 e. The monoisotopic (exact) mass is 717 g/mol. The predicted octanol–water partition coefficient (Wildman–Crippen LogP) is 7.68. The number of hydrogen-bond donors (Lipinski definition) is 0. The molecule has 0 unspecified atom stereocenters. The quantitative estimate of drug-likeness (QED) is 0.197. The molecule has 0 bridgehead atoms. The van der Waals surface area contributed by atoms with Crippen LogP contribution in [0.3, 0.4) is 0 Å². The van der Waals surface area contributed by atoms with E-state index in [0.717, 1.165) is 0 Å². The van der Waals surface area contributed by atoms with Crippen LogP contribution in [-0.4, -0.2) is 63.5 Å². The molecule has 7 heteroatoms. The van der Waals surface area contributed by atoms with E-state index in [2.05, 4.69) is 0 Å². The topological polar surface area (TPSA) is 128 Å². The number of ketones is 6. The van der Waals surface area contributed by atoms with Gasteiger partial charge in [-0.25, -0.2) is 0 Å². The number of hydrogen-bond acceptors (Lipinski definition) is 0. The van der Waals surface area contributed by atoms with Crippen molar-refractivity contribution in [3.63, 3.8) is 0 Å². The van der Waals surface area contributed by atoms with Crippen molar-refractivity contribution in [2.75, 3.05) is 0 Å². The molecule has 0 aromatic carbocycles. The van der Waals surface area contributed by atoms with Crippen molar-refractivity contribution in [3.8, 4) is 0 Å². The molecular formula is C33H66O6Tb+6. The first-order chi connectivity index (χ1) is 16.6. The largest absolute Gasteiger partial charge is 0.311 e. The fourth-order valence-electron chi connectivity index (χ4n) is 2.07. The van der Waals surface area contributed by atoms with Gasteiger partial charge in [0.05, 0.1) is 32.5 Å². The van der Waals surface area contributed by atoms with Crippen molar-refractivity contribution in [1.82, 2.24) is 0 Å². The molecule has 40 heavy (non-hydrogen) atoms. The summed E-state index contributed by atoms with van der Waals surface area (Å²) in [7, 11) is 0. The minimum atomic E-state index is -0.251. The molecule has 0 rings (SSSR count). The maximum atomic E-state index is 9.66. The molecule has 0 aliphatic rings. The summed E-state index contributed by atoms with van der Waals surface area (Å²) in [5.41, 5.74) is -1.50. The van der Waals surface area contributed by atoms with Gasteiger partial charge in [0.2, 0.25) is 0 Å². The van der Waals surface area contributed by atoms with Crippen LogP contribution in [0.4, 0.5) is 0 Å². The Bertz CT molecular complexity index is 693. The van der Waals surface area contributed by atoms with Gasteiger partial charge in [-0.1, -0.05) is 0 Å². The summed E-state index contributed by atoms with van der Waals surface area (Å²) in [6.45, 7) is 34.7. The molecule has 0 aliphatic heterocycles. The smallest absolute Gasteiger partial charge is 0.282 e. The Balaban J connectivity index is -0.000000240. The Morgan fingerprint density at radius 1 is 0.275 bits per heavy atom. The second-order valence-corrected chi connectivity index (χ2v) is 16.7. The summed E-state index contributed by atoms with van der Waals surface area (Å²) in [5.74, 6) is 2.00. The molecule has 237 valence electrons. The van der Waals surface area contributed by atoms with Gasteiger partial charge in [-0.05, 0) is 125 Å². The summed E-state index contributed by atoms with van der Waals surface area (Å²) in [6, 6.07) is 0. The molecule has 0 spiro atoms. The van der Waals surface area contributed by atoms with Crippen LogP contribution in [0, 0.1) is 71.1 Å². The molecule has 0 aromatic heterocycles. The zero-order chi connectivity index (χ0) is 32.6. The maximum absolute atomic E-state index is 9.66. The van der Waals surface area contributed by atoms with Gasteiger partial charge in [0, 0.05) is 38.6 Å². The van der Waals surface area contributed by atoms with Gasteiger partial charge < -0.3 is 0 Å². The second kappa shape index (κ2) is 16.8. The summed E-state index contributed by atoms with van der Waals surface area (Å²) in [6.07, 6.45) is 0.854. The Morgan fingerprint density at radius 2 is 0.350 bits per heavy atom. The Morgan fingerprint density at radius 3 is 0.400 bits per heavy atom. The first-order valence-corrected chi connectivity index (χ1v) is 14.0. The third-order valence-electron chi connectivity index (χ3n) is 6.20. The zero-order valence-electron chi connectivity index (χ0n) is 29.1. The summed E-state index contributed by atoms with van der Waals surface area (Å²) in [4.78, 5) is 57.9. The molecule has 0 amide bonds. The van der Waals surface area contributed by atoms with Crippen molar-refractivity contribution >= 4 is 34.7 Å². The van der Waals surface area contributed by atoms with Crippen molar-refractivity contribution in [2.24, 2.45) is 32.5 Å². The third kappa shape index (κ3) is 22.0. The summed E-state index contributed by atoms with van der Waals surface area (Å²) >= 11 is 0. The number of carbonyl (C=O) groups excluding carboxylic acids is 6. The fraction of sp³-hybridized carbons (Fsp3) is 0.818. The van der Waals surface area contributed by atoms with E-state index in [0.29, 0.717) is 34.7 Å². The molecule has 0 fully saturated rings.